The highest BCUT2D eigenvalue weighted by Gasteiger charge is 2.14. The van der Waals surface area contributed by atoms with Crippen LogP contribution in [-0.4, -0.2) is 16.8 Å². The van der Waals surface area contributed by atoms with E-state index in [1.54, 1.807) is 36.5 Å². The number of benzene rings is 1. The van der Waals surface area contributed by atoms with Gasteiger partial charge in [-0.3, -0.25) is 14.6 Å². The predicted molar refractivity (Wildman–Crippen MR) is 80.9 cm³/mol. The lowest BCUT2D eigenvalue weighted by Gasteiger charge is -2.09. The van der Waals surface area contributed by atoms with Crippen LogP contribution in [0, 0.1) is 6.92 Å². The maximum atomic E-state index is 11.8. The van der Waals surface area contributed by atoms with Gasteiger partial charge < -0.3 is 10.6 Å². The summed E-state index contributed by atoms with van der Waals surface area (Å²) in [6.07, 6.45) is 1.62. The van der Waals surface area contributed by atoms with Gasteiger partial charge >= 0.3 is 11.8 Å². The molecule has 108 valence electrons. The molecule has 0 spiro atoms. The molecule has 5 nitrogen and oxygen atoms in total. The molecule has 0 atom stereocenters. The minimum Gasteiger partial charge on any atom is -0.342 e. The van der Waals surface area contributed by atoms with Crippen LogP contribution in [0.4, 0.5) is 5.69 Å². The molecule has 0 unspecified atom stereocenters. The number of halogens is 1. The summed E-state index contributed by atoms with van der Waals surface area (Å²) in [5, 5.41) is 5.53. The molecule has 0 aliphatic carbocycles. The van der Waals surface area contributed by atoms with Crippen LogP contribution in [0.5, 0.6) is 0 Å². The zero-order chi connectivity index (χ0) is 15.2. The highest BCUT2D eigenvalue weighted by atomic mass is 35.5. The smallest absolute Gasteiger partial charge is 0.313 e. The molecular formula is C15H14ClN3O2. The Labute approximate surface area is 127 Å². The fourth-order valence-corrected chi connectivity index (χ4v) is 1.83. The van der Waals surface area contributed by atoms with Crippen molar-refractivity contribution in [2.45, 2.75) is 13.5 Å². The van der Waals surface area contributed by atoms with Gasteiger partial charge in [0.05, 0.1) is 12.2 Å². The molecule has 1 aromatic heterocycles. The van der Waals surface area contributed by atoms with Crippen molar-refractivity contribution in [3.05, 3.63) is 58.9 Å². The number of nitrogens with one attached hydrogen (secondary N) is 2. The summed E-state index contributed by atoms with van der Waals surface area (Å²) in [6.45, 7) is 2.01. The van der Waals surface area contributed by atoms with E-state index in [0.717, 1.165) is 5.56 Å². The Hall–Kier alpha value is -2.40. The topological polar surface area (TPSA) is 71.1 Å². The van der Waals surface area contributed by atoms with Crippen molar-refractivity contribution >= 4 is 29.1 Å². The molecule has 0 saturated carbocycles. The second-order valence-corrected chi connectivity index (χ2v) is 4.85. The number of nitrogens with zero attached hydrogens (tertiary/aromatic N) is 1. The summed E-state index contributed by atoms with van der Waals surface area (Å²) in [5.41, 5.74) is 2.02. The summed E-state index contributed by atoms with van der Waals surface area (Å²) in [5.74, 6) is -1.46. The predicted octanol–water partition coefficient (Wildman–Crippen LogP) is 2.30. The largest absolute Gasteiger partial charge is 0.342 e. The SMILES string of the molecule is Cc1ccc(Cl)cc1NC(=O)C(=O)NCc1ccccn1. The molecule has 2 aromatic rings. The van der Waals surface area contributed by atoms with E-state index in [1.165, 1.54) is 0 Å². The first-order valence-corrected chi connectivity index (χ1v) is 6.69. The number of hydrogen-bond acceptors (Lipinski definition) is 3. The fourth-order valence-electron chi connectivity index (χ4n) is 1.66. The van der Waals surface area contributed by atoms with Gasteiger partial charge in [0, 0.05) is 16.9 Å². The van der Waals surface area contributed by atoms with Gasteiger partial charge in [-0.25, -0.2) is 0 Å². The van der Waals surface area contributed by atoms with Crippen molar-refractivity contribution in [3.8, 4) is 0 Å². The van der Waals surface area contributed by atoms with Crippen molar-refractivity contribution in [1.29, 1.82) is 0 Å². The Balaban J connectivity index is 1.94. The van der Waals surface area contributed by atoms with Gasteiger partial charge in [-0.05, 0) is 36.8 Å². The molecule has 2 N–H and O–H groups in total. The number of anilines is 1. The summed E-state index contributed by atoms with van der Waals surface area (Å²) >= 11 is 5.86. The highest BCUT2D eigenvalue weighted by Crippen LogP contribution is 2.19. The Morgan fingerprint density at radius 3 is 2.71 bits per heavy atom. The maximum Gasteiger partial charge on any atom is 0.313 e. The van der Waals surface area contributed by atoms with Crippen LogP contribution >= 0.6 is 11.6 Å². The van der Waals surface area contributed by atoms with Gasteiger partial charge in [-0.1, -0.05) is 23.7 Å². The number of rotatable bonds is 3. The number of aryl methyl sites for hydroxylation is 1. The maximum absolute atomic E-state index is 11.8. The third-order valence-electron chi connectivity index (χ3n) is 2.81. The Kier molecular flexibility index (Phi) is 4.90. The minimum atomic E-state index is -0.740. The number of aromatic nitrogens is 1. The molecule has 21 heavy (non-hydrogen) atoms. The summed E-state index contributed by atoms with van der Waals surface area (Å²) in [7, 11) is 0. The van der Waals surface area contributed by atoms with E-state index < -0.39 is 11.8 Å². The number of amides is 2. The van der Waals surface area contributed by atoms with Gasteiger partial charge in [0.1, 0.15) is 0 Å². The molecule has 0 fully saturated rings. The molecule has 1 heterocycles. The normalized spacial score (nSPS) is 10.0. The molecular weight excluding hydrogens is 290 g/mol. The van der Waals surface area contributed by atoms with E-state index in [-0.39, 0.29) is 6.54 Å². The van der Waals surface area contributed by atoms with E-state index in [0.29, 0.717) is 16.4 Å². The Bertz CT molecular complexity index is 659. The monoisotopic (exact) mass is 303 g/mol. The molecule has 2 amide bonds. The second-order valence-electron chi connectivity index (χ2n) is 4.42. The van der Waals surface area contributed by atoms with Crippen LogP contribution in [0.3, 0.4) is 0 Å². The standard InChI is InChI=1S/C15H14ClN3O2/c1-10-5-6-11(16)8-13(10)19-15(21)14(20)18-9-12-4-2-3-7-17-12/h2-8H,9H2,1H3,(H,18,20)(H,19,21). The van der Waals surface area contributed by atoms with Gasteiger partial charge in [0.2, 0.25) is 0 Å². The molecule has 0 aliphatic rings. The molecule has 0 bridgehead atoms. The van der Waals surface area contributed by atoms with Gasteiger partial charge in [-0.15, -0.1) is 0 Å². The lowest BCUT2D eigenvalue weighted by molar-refractivity contribution is -0.136. The number of carbonyl (C=O) groups is 2. The van der Waals surface area contributed by atoms with E-state index in [1.807, 2.05) is 13.0 Å². The van der Waals surface area contributed by atoms with E-state index >= 15 is 0 Å². The van der Waals surface area contributed by atoms with Gasteiger partial charge in [0.15, 0.2) is 0 Å². The summed E-state index contributed by atoms with van der Waals surface area (Å²) in [6, 6.07) is 10.4. The molecule has 2 rings (SSSR count). The molecule has 6 heteroatoms. The van der Waals surface area contributed by atoms with E-state index in [4.69, 9.17) is 11.6 Å². The molecule has 0 radical (unpaired) electrons. The Morgan fingerprint density at radius 2 is 2.00 bits per heavy atom. The average Bonchev–Trinajstić information content (AvgIpc) is 2.49. The molecule has 0 saturated heterocycles. The first-order valence-electron chi connectivity index (χ1n) is 6.31. The highest BCUT2D eigenvalue weighted by molar-refractivity contribution is 6.39. The molecule has 0 aliphatic heterocycles. The zero-order valence-electron chi connectivity index (χ0n) is 11.4. The van der Waals surface area contributed by atoms with Gasteiger partial charge in [-0.2, -0.15) is 0 Å². The number of pyridine rings is 1. The van der Waals surface area contributed by atoms with Crippen LogP contribution in [0.1, 0.15) is 11.3 Å². The first-order chi connectivity index (χ1) is 10.1. The van der Waals surface area contributed by atoms with Crippen LogP contribution < -0.4 is 10.6 Å². The van der Waals surface area contributed by atoms with Crippen LogP contribution in [0.25, 0.3) is 0 Å². The second kappa shape index (κ2) is 6.85. The van der Waals surface area contributed by atoms with Crippen molar-refractivity contribution in [3.63, 3.8) is 0 Å². The Morgan fingerprint density at radius 1 is 1.19 bits per heavy atom. The summed E-state index contributed by atoms with van der Waals surface area (Å²) in [4.78, 5) is 27.6. The van der Waals surface area contributed by atoms with E-state index in [9.17, 15) is 9.59 Å². The lowest BCUT2D eigenvalue weighted by Crippen LogP contribution is -2.35. The van der Waals surface area contributed by atoms with Gasteiger partial charge in [0.25, 0.3) is 0 Å². The van der Waals surface area contributed by atoms with Crippen molar-refractivity contribution in [1.82, 2.24) is 10.3 Å². The van der Waals surface area contributed by atoms with Crippen LogP contribution in [0.15, 0.2) is 42.6 Å². The third kappa shape index (κ3) is 4.29. The molecule has 1 aromatic carbocycles. The third-order valence-corrected chi connectivity index (χ3v) is 3.05. The van der Waals surface area contributed by atoms with Crippen molar-refractivity contribution in [2.75, 3.05) is 5.32 Å². The number of carbonyl (C=O) groups excluding carboxylic acids is 2. The van der Waals surface area contributed by atoms with E-state index in [2.05, 4.69) is 15.6 Å². The quantitative estimate of drug-likeness (QED) is 0.855. The van der Waals surface area contributed by atoms with Crippen molar-refractivity contribution < 1.29 is 9.59 Å². The zero-order valence-corrected chi connectivity index (χ0v) is 12.1. The van der Waals surface area contributed by atoms with Crippen molar-refractivity contribution in [2.24, 2.45) is 0 Å². The lowest BCUT2D eigenvalue weighted by atomic mass is 10.2. The average molecular weight is 304 g/mol. The van der Waals surface area contributed by atoms with Crippen LogP contribution in [0.2, 0.25) is 5.02 Å². The first kappa shape index (κ1) is 15.0. The van der Waals surface area contributed by atoms with Crippen LogP contribution in [-0.2, 0) is 16.1 Å². The minimum absolute atomic E-state index is 0.196. The fraction of sp³-hybridized carbons (Fsp3) is 0.133. The number of hydrogen-bond donors (Lipinski definition) is 2. The summed E-state index contributed by atoms with van der Waals surface area (Å²) < 4.78 is 0.